The van der Waals surface area contributed by atoms with Crippen LogP contribution in [0.5, 0.6) is 0 Å². The summed E-state index contributed by atoms with van der Waals surface area (Å²) in [4.78, 5) is 0. The van der Waals surface area contributed by atoms with Crippen LogP contribution in [0, 0.1) is 66.0 Å². The van der Waals surface area contributed by atoms with Crippen LogP contribution in [0.2, 0.25) is 0 Å². The van der Waals surface area contributed by atoms with E-state index in [9.17, 15) is 28.0 Å². The summed E-state index contributed by atoms with van der Waals surface area (Å²) in [6.45, 7) is 0. The molecule has 8 nitrogen and oxygen atoms in total. The normalized spacial score (nSPS) is 14.0. The fourth-order valence-corrected chi connectivity index (χ4v) is 1.61. The standard InChI is InChI=1S/Cl2O8Xe/c3-1(4,5)9-11-10-2(6,7)8. The van der Waals surface area contributed by atoms with E-state index in [-0.39, 0.29) is 0 Å². The summed E-state index contributed by atoms with van der Waals surface area (Å²) >= 11 is -2.21. The molecule has 0 aliphatic rings. The third-order valence-corrected chi connectivity index (χ3v) is 3.59. The van der Waals surface area contributed by atoms with E-state index in [0.29, 0.717) is 0 Å². The molecule has 0 aliphatic carbocycles. The van der Waals surface area contributed by atoms with Crippen molar-refractivity contribution < 1.29 is 93.2 Å². The van der Waals surface area contributed by atoms with Gasteiger partial charge in [-0.25, -0.2) is 0 Å². The Morgan fingerprint density at radius 3 is 1.18 bits per heavy atom. The third-order valence-electron chi connectivity index (χ3n) is 0.178. The molecule has 0 unspecified atom stereocenters. The molecule has 11 heteroatoms. The van der Waals surface area contributed by atoms with Crippen LogP contribution in [-0.2, 0) is -0.781 Å². The van der Waals surface area contributed by atoms with Crippen LogP contribution in [0.15, 0.2) is 0 Å². The maximum atomic E-state index is 9.55. The number of hydrogen-bond donors (Lipinski definition) is 0. The van der Waals surface area contributed by atoms with Gasteiger partial charge in [-0.3, -0.25) is 0 Å². The number of rotatable bonds is 4. The van der Waals surface area contributed by atoms with Crippen LogP contribution < -0.4 is 28.0 Å². The predicted octanol–water partition coefficient (Wildman–Crippen LogP) is -7.27. The molecule has 0 aliphatic heterocycles. The Kier molecular flexibility index (Phi) is 5.72. The zero-order valence-corrected chi connectivity index (χ0v) is 7.91. The van der Waals surface area contributed by atoms with E-state index in [2.05, 4.69) is -0.781 Å². The molecular formula is Cl2O8Xe. The molecule has 0 atom stereocenters. The molecule has 0 rings (SSSR count). The van der Waals surface area contributed by atoms with Crippen LogP contribution in [0.25, 0.3) is 0 Å². The van der Waals surface area contributed by atoms with E-state index in [1.165, 1.54) is 0 Å². The predicted molar refractivity (Wildman–Crippen MR) is 2.17 cm³/mol. The second-order valence-corrected chi connectivity index (χ2v) is 4.86. The van der Waals surface area contributed by atoms with Gasteiger partial charge < -0.3 is 0 Å². The Morgan fingerprint density at radius 2 is 1.00 bits per heavy atom. The third kappa shape index (κ3) is 11.8. The molecule has 0 aromatic heterocycles. The molecule has 0 aromatic rings. The SMILES string of the molecule is [O-][Cl+3]([O-])([O-])O[Xe]O[Cl+3]([O-])([O-])[O-]. The molecule has 0 radical (unpaired) electrons. The van der Waals surface area contributed by atoms with Crippen LogP contribution in [0.4, 0.5) is 0 Å². The van der Waals surface area contributed by atoms with Gasteiger partial charge in [-0.1, -0.05) is 0 Å². The first kappa shape index (κ1) is 12.8. The summed E-state index contributed by atoms with van der Waals surface area (Å²) in [6.07, 6.45) is 0. The second-order valence-electron chi connectivity index (χ2n) is 0.924. The Labute approximate surface area is 91.8 Å². The van der Waals surface area contributed by atoms with Gasteiger partial charge in [-0.15, -0.1) is 0 Å². The summed E-state index contributed by atoms with van der Waals surface area (Å²) in [5.74, 6) is 0. The minimum absolute atomic E-state index is 2.21. The Morgan fingerprint density at radius 1 is 0.727 bits per heavy atom. The fourth-order valence-electron chi connectivity index (χ4n) is 0.0630. The van der Waals surface area contributed by atoms with Crippen molar-refractivity contribution in [3.63, 3.8) is 0 Å². The van der Waals surface area contributed by atoms with Crippen molar-refractivity contribution in [2.75, 3.05) is 0 Å². The van der Waals surface area contributed by atoms with E-state index in [1.807, 2.05) is 0 Å². The van der Waals surface area contributed by atoms with E-state index >= 15 is 0 Å². The zero-order chi connectivity index (χ0) is 9.12. The fraction of sp³-hybridized carbons (Fsp3) is 0. The first-order valence-corrected chi connectivity index (χ1v) is 5.64. The van der Waals surface area contributed by atoms with Crippen molar-refractivity contribution in [1.82, 2.24) is 0 Å². The van der Waals surface area contributed by atoms with Crippen LogP contribution >= 0.6 is 0 Å². The van der Waals surface area contributed by atoms with E-state index in [0.717, 1.165) is 0 Å². The molecule has 11 heavy (non-hydrogen) atoms. The summed E-state index contributed by atoms with van der Waals surface area (Å²) in [6, 6.07) is 0. The van der Waals surface area contributed by atoms with Crippen LogP contribution in [-0.4, -0.2) is 0 Å². The Balaban J connectivity index is 3.44. The summed E-state index contributed by atoms with van der Waals surface area (Å²) < 4.78 is 63.9. The monoisotopic (exact) mass is 330 g/mol. The van der Waals surface area contributed by atoms with Crippen molar-refractivity contribution in [2.45, 2.75) is 0 Å². The van der Waals surface area contributed by atoms with E-state index in [1.54, 1.807) is 0 Å². The van der Waals surface area contributed by atoms with Crippen molar-refractivity contribution in [3.8, 4) is 0 Å². The van der Waals surface area contributed by atoms with Gasteiger partial charge in [0.1, 0.15) is 0 Å². The van der Waals surface area contributed by atoms with Crippen molar-refractivity contribution >= 4 is 0 Å². The average molecular weight is 330 g/mol. The maximum absolute atomic E-state index is 9.55. The first-order valence-electron chi connectivity index (χ1n) is 1.52. The van der Waals surface area contributed by atoms with Gasteiger partial charge in [0.2, 0.25) is 0 Å². The van der Waals surface area contributed by atoms with Crippen LogP contribution in [0.3, 0.4) is 0 Å². The molecule has 0 aromatic carbocycles. The van der Waals surface area contributed by atoms with Gasteiger partial charge in [0.15, 0.2) is 0 Å². The molecule has 0 saturated heterocycles. The molecule has 0 spiro atoms. The van der Waals surface area contributed by atoms with Gasteiger partial charge in [0.05, 0.1) is 0 Å². The minimum atomic E-state index is -4.73. The van der Waals surface area contributed by atoms with Crippen LogP contribution in [0.1, 0.15) is 0 Å². The molecular weight excluding hydrogens is 330 g/mol. The molecule has 0 amide bonds. The number of hydrogen-bond acceptors (Lipinski definition) is 8. The molecule has 0 bridgehead atoms. The summed E-state index contributed by atoms with van der Waals surface area (Å²) in [5.41, 5.74) is 0. The van der Waals surface area contributed by atoms with E-state index in [4.69, 9.17) is 0 Å². The molecule has 0 heterocycles. The van der Waals surface area contributed by atoms with Crippen molar-refractivity contribution in [2.24, 2.45) is 0 Å². The second kappa shape index (κ2) is 4.90. The van der Waals surface area contributed by atoms with Gasteiger partial charge in [-0.2, -0.15) is 0 Å². The molecule has 70 valence electrons. The van der Waals surface area contributed by atoms with Gasteiger partial charge >= 0.3 is 93.2 Å². The average Bonchev–Trinajstić information content (AvgIpc) is 1.55. The first-order chi connectivity index (χ1) is 4.71. The molecule has 0 N–H and O–H groups in total. The number of halogens is 2. The Hall–Kier alpha value is 1.83. The van der Waals surface area contributed by atoms with Gasteiger partial charge in [-0.05, 0) is 0 Å². The summed E-state index contributed by atoms with van der Waals surface area (Å²) in [5, 5.41) is 0. The van der Waals surface area contributed by atoms with Crippen molar-refractivity contribution in [3.05, 3.63) is 0 Å². The van der Waals surface area contributed by atoms with Gasteiger partial charge in [0, 0.05) is 0 Å². The summed E-state index contributed by atoms with van der Waals surface area (Å²) in [7, 11) is -9.47. The topological polar surface area (TPSA) is 157 Å². The molecule has 0 saturated carbocycles. The van der Waals surface area contributed by atoms with Gasteiger partial charge in [0.25, 0.3) is 0 Å². The quantitative estimate of drug-likeness (QED) is 0.492. The molecule has 0 fully saturated rings. The van der Waals surface area contributed by atoms with Crippen molar-refractivity contribution in [1.29, 1.82) is 0 Å². The van der Waals surface area contributed by atoms with E-state index < -0.39 is 66.0 Å². The Bertz CT molecular complexity index is 96.2. The zero-order valence-electron chi connectivity index (χ0n) is 4.38.